The van der Waals surface area contributed by atoms with Crippen molar-refractivity contribution in [3.63, 3.8) is 0 Å². The standard InChI is InChI=1S/C20H30O5/c1-6-23-18(21)17(19(22)24-7-2)9-8-14-25-16-12-10-15(11-13-16)20(3,4)5/h10-13,17H,6-9,14H2,1-5H3. The van der Waals surface area contributed by atoms with Crippen LogP contribution in [-0.2, 0) is 24.5 Å². The zero-order valence-corrected chi connectivity index (χ0v) is 16.0. The van der Waals surface area contributed by atoms with Gasteiger partial charge >= 0.3 is 11.9 Å². The van der Waals surface area contributed by atoms with Crippen LogP contribution >= 0.6 is 0 Å². The van der Waals surface area contributed by atoms with Crippen molar-refractivity contribution in [1.82, 2.24) is 0 Å². The van der Waals surface area contributed by atoms with Crippen molar-refractivity contribution in [2.45, 2.75) is 52.9 Å². The van der Waals surface area contributed by atoms with Gasteiger partial charge in [-0.15, -0.1) is 0 Å². The van der Waals surface area contributed by atoms with Gasteiger partial charge in [-0.2, -0.15) is 0 Å². The molecule has 0 fully saturated rings. The van der Waals surface area contributed by atoms with E-state index in [2.05, 4.69) is 32.9 Å². The maximum Gasteiger partial charge on any atom is 0.320 e. The molecule has 5 nitrogen and oxygen atoms in total. The second-order valence-electron chi connectivity index (χ2n) is 6.82. The molecule has 0 aliphatic carbocycles. The molecule has 25 heavy (non-hydrogen) atoms. The molecule has 1 aromatic rings. The molecular weight excluding hydrogens is 320 g/mol. The Morgan fingerprint density at radius 2 is 1.48 bits per heavy atom. The normalized spacial score (nSPS) is 11.3. The van der Waals surface area contributed by atoms with Crippen molar-refractivity contribution in [2.24, 2.45) is 5.92 Å². The highest BCUT2D eigenvalue weighted by Crippen LogP contribution is 2.24. The van der Waals surface area contributed by atoms with Gasteiger partial charge in [-0.25, -0.2) is 0 Å². The van der Waals surface area contributed by atoms with Gasteiger partial charge in [-0.05, 0) is 49.8 Å². The molecule has 0 unspecified atom stereocenters. The maximum atomic E-state index is 11.9. The van der Waals surface area contributed by atoms with E-state index in [0.717, 1.165) is 5.75 Å². The lowest BCUT2D eigenvalue weighted by atomic mass is 9.87. The minimum atomic E-state index is -0.883. The Hall–Kier alpha value is -2.04. The summed E-state index contributed by atoms with van der Waals surface area (Å²) >= 11 is 0. The summed E-state index contributed by atoms with van der Waals surface area (Å²) in [6.45, 7) is 10.8. The highest BCUT2D eigenvalue weighted by atomic mass is 16.6. The van der Waals surface area contributed by atoms with Crippen molar-refractivity contribution in [3.8, 4) is 5.75 Å². The van der Waals surface area contributed by atoms with Crippen LogP contribution in [0.1, 0.15) is 53.0 Å². The molecule has 0 heterocycles. The Labute approximate surface area is 150 Å². The quantitative estimate of drug-likeness (QED) is 0.384. The molecule has 0 saturated heterocycles. The van der Waals surface area contributed by atoms with Gasteiger partial charge in [0.1, 0.15) is 5.75 Å². The lowest BCUT2D eigenvalue weighted by molar-refractivity contribution is -0.162. The SMILES string of the molecule is CCOC(=O)C(CCCOc1ccc(C(C)(C)C)cc1)C(=O)OCC. The van der Waals surface area contributed by atoms with E-state index in [1.807, 2.05) is 12.1 Å². The van der Waals surface area contributed by atoms with Crippen LogP contribution in [0.25, 0.3) is 0 Å². The minimum Gasteiger partial charge on any atom is -0.494 e. The first-order valence-electron chi connectivity index (χ1n) is 8.86. The van der Waals surface area contributed by atoms with Crippen molar-refractivity contribution >= 4 is 11.9 Å². The highest BCUT2D eigenvalue weighted by Gasteiger charge is 2.28. The molecule has 0 aliphatic rings. The van der Waals surface area contributed by atoms with E-state index in [4.69, 9.17) is 14.2 Å². The van der Waals surface area contributed by atoms with Gasteiger partial charge in [0.25, 0.3) is 0 Å². The second-order valence-corrected chi connectivity index (χ2v) is 6.82. The van der Waals surface area contributed by atoms with E-state index in [1.54, 1.807) is 13.8 Å². The molecule has 0 amide bonds. The van der Waals surface area contributed by atoms with Gasteiger partial charge in [-0.1, -0.05) is 32.9 Å². The number of esters is 2. The fourth-order valence-corrected chi connectivity index (χ4v) is 2.35. The molecule has 0 aliphatic heterocycles. The number of ether oxygens (including phenoxy) is 3. The number of hydrogen-bond donors (Lipinski definition) is 0. The summed E-state index contributed by atoms with van der Waals surface area (Å²) in [6.07, 6.45) is 0.904. The average Bonchev–Trinajstić information content (AvgIpc) is 2.54. The van der Waals surface area contributed by atoms with Gasteiger partial charge in [0, 0.05) is 0 Å². The fraction of sp³-hybridized carbons (Fsp3) is 0.600. The Balaban J connectivity index is 2.50. The lowest BCUT2D eigenvalue weighted by Crippen LogP contribution is -2.28. The van der Waals surface area contributed by atoms with Crippen molar-refractivity contribution in [2.75, 3.05) is 19.8 Å². The molecule has 0 spiro atoms. The van der Waals surface area contributed by atoms with Crippen LogP contribution in [0.4, 0.5) is 0 Å². The van der Waals surface area contributed by atoms with Crippen LogP contribution in [0.2, 0.25) is 0 Å². The molecular formula is C20H30O5. The van der Waals surface area contributed by atoms with Crippen LogP contribution in [0.5, 0.6) is 5.75 Å². The predicted molar refractivity (Wildman–Crippen MR) is 96.6 cm³/mol. The smallest absolute Gasteiger partial charge is 0.320 e. The summed E-state index contributed by atoms with van der Waals surface area (Å²) in [7, 11) is 0. The van der Waals surface area contributed by atoms with Crippen LogP contribution in [0, 0.1) is 5.92 Å². The summed E-state index contributed by atoms with van der Waals surface area (Å²) in [5.74, 6) is -1.17. The van der Waals surface area contributed by atoms with Gasteiger partial charge < -0.3 is 14.2 Å². The van der Waals surface area contributed by atoms with Crippen LogP contribution in [-0.4, -0.2) is 31.8 Å². The van der Waals surface area contributed by atoms with Crippen molar-refractivity contribution in [1.29, 1.82) is 0 Å². The largest absolute Gasteiger partial charge is 0.494 e. The third-order valence-corrected chi connectivity index (χ3v) is 3.77. The van der Waals surface area contributed by atoms with Gasteiger partial charge in [0.2, 0.25) is 0 Å². The number of rotatable bonds is 9. The van der Waals surface area contributed by atoms with E-state index >= 15 is 0 Å². The highest BCUT2D eigenvalue weighted by molar-refractivity contribution is 5.94. The molecule has 0 N–H and O–H groups in total. The van der Waals surface area contributed by atoms with E-state index < -0.39 is 17.9 Å². The molecule has 1 rings (SSSR count). The Morgan fingerprint density at radius 1 is 0.960 bits per heavy atom. The Bertz CT molecular complexity index is 524. The molecule has 0 saturated carbocycles. The third-order valence-electron chi connectivity index (χ3n) is 3.77. The van der Waals surface area contributed by atoms with Crippen molar-refractivity contribution in [3.05, 3.63) is 29.8 Å². The summed E-state index contributed by atoms with van der Waals surface area (Å²) in [5, 5.41) is 0. The van der Waals surface area contributed by atoms with E-state index in [0.29, 0.717) is 19.4 Å². The molecule has 1 aromatic carbocycles. The number of carbonyl (C=O) groups is 2. The predicted octanol–water partition coefficient (Wildman–Crippen LogP) is 3.89. The fourth-order valence-electron chi connectivity index (χ4n) is 2.35. The van der Waals surface area contributed by atoms with Gasteiger partial charge in [0.15, 0.2) is 5.92 Å². The van der Waals surface area contributed by atoms with Crippen LogP contribution in [0.3, 0.4) is 0 Å². The maximum absolute atomic E-state index is 11.9. The van der Waals surface area contributed by atoms with Crippen LogP contribution in [0.15, 0.2) is 24.3 Å². The first-order chi connectivity index (χ1) is 11.8. The summed E-state index contributed by atoms with van der Waals surface area (Å²) in [5.41, 5.74) is 1.34. The Kier molecular flexibility index (Phi) is 8.46. The molecule has 5 heteroatoms. The van der Waals surface area contributed by atoms with E-state index in [1.165, 1.54) is 5.56 Å². The van der Waals surface area contributed by atoms with E-state index in [-0.39, 0.29) is 18.6 Å². The molecule has 140 valence electrons. The van der Waals surface area contributed by atoms with Crippen LogP contribution < -0.4 is 4.74 Å². The molecule has 0 bridgehead atoms. The Morgan fingerprint density at radius 3 is 1.92 bits per heavy atom. The molecule has 0 radical (unpaired) electrons. The van der Waals surface area contributed by atoms with Crippen molar-refractivity contribution < 1.29 is 23.8 Å². The topological polar surface area (TPSA) is 61.8 Å². The molecule has 0 atom stereocenters. The zero-order valence-electron chi connectivity index (χ0n) is 16.0. The van der Waals surface area contributed by atoms with Gasteiger partial charge in [0.05, 0.1) is 19.8 Å². The zero-order chi connectivity index (χ0) is 18.9. The minimum absolute atomic E-state index is 0.102. The summed E-state index contributed by atoms with van der Waals surface area (Å²) in [4.78, 5) is 23.8. The third kappa shape index (κ3) is 7.16. The number of benzene rings is 1. The summed E-state index contributed by atoms with van der Waals surface area (Å²) < 4.78 is 15.6. The second kappa shape index (κ2) is 10.1. The number of carbonyl (C=O) groups excluding carboxylic acids is 2. The number of hydrogen-bond acceptors (Lipinski definition) is 5. The lowest BCUT2D eigenvalue weighted by Gasteiger charge is -2.19. The average molecular weight is 350 g/mol. The first-order valence-corrected chi connectivity index (χ1v) is 8.86. The first kappa shape index (κ1) is 21.0. The monoisotopic (exact) mass is 350 g/mol. The van der Waals surface area contributed by atoms with E-state index in [9.17, 15) is 9.59 Å². The summed E-state index contributed by atoms with van der Waals surface area (Å²) in [6, 6.07) is 7.98. The molecule has 0 aromatic heterocycles. The van der Waals surface area contributed by atoms with Gasteiger partial charge in [-0.3, -0.25) is 9.59 Å².